The van der Waals surface area contributed by atoms with Crippen LogP contribution in [0, 0.1) is 13.8 Å². The van der Waals surface area contributed by atoms with Crippen LogP contribution in [-0.2, 0) is 19.5 Å². The Morgan fingerprint density at radius 1 is 1.38 bits per heavy atom. The Labute approximate surface area is 124 Å². The maximum absolute atomic E-state index is 11.7. The van der Waals surface area contributed by atoms with E-state index in [9.17, 15) is 4.79 Å². The number of rotatable bonds is 6. The lowest BCUT2D eigenvalue weighted by Crippen LogP contribution is -2.36. The lowest BCUT2D eigenvalue weighted by Gasteiger charge is -2.07. The molecule has 0 spiro atoms. The highest BCUT2D eigenvalue weighted by atomic mass is 16.3. The maximum Gasteiger partial charge on any atom is 0.315 e. The number of amides is 2. The SMILES string of the molecule is CCn1nc(C)c(CCNC(=O)NCc2ccco2)c1C. The summed E-state index contributed by atoms with van der Waals surface area (Å²) in [4.78, 5) is 11.7. The Kier molecular flexibility index (Phi) is 5.03. The Hall–Kier alpha value is -2.24. The van der Waals surface area contributed by atoms with E-state index in [-0.39, 0.29) is 6.03 Å². The zero-order valence-electron chi connectivity index (χ0n) is 12.8. The first-order valence-electron chi connectivity index (χ1n) is 7.18. The van der Waals surface area contributed by atoms with Gasteiger partial charge in [0, 0.05) is 18.8 Å². The lowest BCUT2D eigenvalue weighted by molar-refractivity contribution is 0.239. The number of carbonyl (C=O) groups is 1. The summed E-state index contributed by atoms with van der Waals surface area (Å²) in [5.41, 5.74) is 3.42. The fraction of sp³-hybridized carbons (Fsp3) is 0.467. The predicted octanol–water partition coefficient (Wildman–Crippen LogP) is 2.15. The first-order valence-corrected chi connectivity index (χ1v) is 7.18. The van der Waals surface area contributed by atoms with Gasteiger partial charge in [0.2, 0.25) is 0 Å². The summed E-state index contributed by atoms with van der Waals surface area (Å²) in [5.74, 6) is 0.737. The molecule has 0 aliphatic carbocycles. The quantitative estimate of drug-likeness (QED) is 0.856. The molecule has 0 unspecified atom stereocenters. The molecule has 2 heterocycles. The molecule has 0 saturated heterocycles. The number of aromatic nitrogens is 2. The molecule has 6 heteroatoms. The van der Waals surface area contributed by atoms with E-state index in [0.717, 1.165) is 24.4 Å². The van der Waals surface area contributed by atoms with Crippen molar-refractivity contribution in [2.45, 2.75) is 40.3 Å². The summed E-state index contributed by atoms with van der Waals surface area (Å²) in [7, 11) is 0. The average molecular weight is 290 g/mol. The molecule has 0 fully saturated rings. The first kappa shape index (κ1) is 15.2. The second-order valence-electron chi connectivity index (χ2n) is 4.90. The van der Waals surface area contributed by atoms with Gasteiger partial charge >= 0.3 is 6.03 Å². The molecule has 0 radical (unpaired) electrons. The van der Waals surface area contributed by atoms with E-state index >= 15 is 0 Å². The maximum atomic E-state index is 11.7. The van der Waals surface area contributed by atoms with Gasteiger partial charge in [-0.2, -0.15) is 5.10 Å². The lowest BCUT2D eigenvalue weighted by atomic mass is 10.1. The Bertz CT molecular complexity index is 587. The molecule has 0 bridgehead atoms. The van der Waals surface area contributed by atoms with Gasteiger partial charge < -0.3 is 15.1 Å². The third-order valence-electron chi connectivity index (χ3n) is 3.49. The van der Waals surface area contributed by atoms with Crippen LogP contribution in [0.3, 0.4) is 0 Å². The van der Waals surface area contributed by atoms with E-state index in [1.54, 1.807) is 12.3 Å². The molecule has 2 aromatic heterocycles. The average Bonchev–Trinajstić information content (AvgIpc) is 3.07. The first-order chi connectivity index (χ1) is 10.1. The van der Waals surface area contributed by atoms with Crippen molar-refractivity contribution in [2.24, 2.45) is 0 Å². The molecule has 2 N–H and O–H groups in total. The van der Waals surface area contributed by atoms with Crippen LogP contribution in [0.5, 0.6) is 0 Å². The minimum atomic E-state index is -0.190. The number of nitrogens with one attached hydrogen (secondary N) is 2. The number of carbonyl (C=O) groups excluding carboxylic acids is 1. The van der Waals surface area contributed by atoms with Crippen LogP contribution in [0.4, 0.5) is 4.79 Å². The molecule has 0 saturated carbocycles. The number of nitrogens with zero attached hydrogens (tertiary/aromatic N) is 2. The zero-order chi connectivity index (χ0) is 15.2. The van der Waals surface area contributed by atoms with E-state index in [1.807, 2.05) is 17.7 Å². The molecule has 0 aromatic carbocycles. The zero-order valence-corrected chi connectivity index (χ0v) is 12.8. The molecule has 21 heavy (non-hydrogen) atoms. The smallest absolute Gasteiger partial charge is 0.315 e. The van der Waals surface area contributed by atoms with Gasteiger partial charge in [-0.25, -0.2) is 4.79 Å². The highest BCUT2D eigenvalue weighted by Crippen LogP contribution is 2.13. The van der Waals surface area contributed by atoms with Crippen molar-refractivity contribution in [2.75, 3.05) is 6.54 Å². The molecule has 6 nitrogen and oxygen atoms in total. The summed E-state index contributed by atoms with van der Waals surface area (Å²) in [6.07, 6.45) is 2.37. The second-order valence-corrected chi connectivity index (χ2v) is 4.90. The van der Waals surface area contributed by atoms with E-state index in [2.05, 4.69) is 29.6 Å². The Balaban J connectivity index is 1.76. The number of furan rings is 1. The van der Waals surface area contributed by atoms with Crippen molar-refractivity contribution in [1.29, 1.82) is 0 Å². The number of hydrogen-bond acceptors (Lipinski definition) is 3. The third kappa shape index (κ3) is 3.87. The molecule has 2 aromatic rings. The van der Waals surface area contributed by atoms with Gasteiger partial charge in [0.1, 0.15) is 5.76 Å². The van der Waals surface area contributed by atoms with Crippen molar-refractivity contribution in [3.63, 3.8) is 0 Å². The van der Waals surface area contributed by atoms with Gasteiger partial charge in [0.05, 0.1) is 18.5 Å². The van der Waals surface area contributed by atoms with Gasteiger partial charge in [-0.15, -0.1) is 0 Å². The summed E-state index contributed by atoms with van der Waals surface area (Å²) < 4.78 is 7.14. The fourth-order valence-corrected chi connectivity index (χ4v) is 2.35. The van der Waals surface area contributed by atoms with Crippen molar-refractivity contribution >= 4 is 6.03 Å². The minimum Gasteiger partial charge on any atom is -0.467 e. The molecular formula is C15H22N4O2. The molecule has 0 atom stereocenters. The highest BCUT2D eigenvalue weighted by Gasteiger charge is 2.10. The van der Waals surface area contributed by atoms with Crippen molar-refractivity contribution in [3.05, 3.63) is 41.1 Å². The van der Waals surface area contributed by atoms with Gasteiger partial charge in [0.25, 0.3) is 0 Å². The minimum absolute atomic E-state index is 0.190. The molecule has 2 rings (SSSR count). The van der Waals surface area contributed by atoms with E-state index in [1.165, 1.54) is 11.3 Å². The predicted molar refractivity (Wildman–Crippen MR) is 80.0 cm³/mol. The van der Waals surface area contributed by atoms with Gasteiger partial charge in [-0.3, -0.25) is 4.68 Å². The molecular weight excluding hydrogens is 268 g/mol. The summed E-state index contributed by atoms with van der Waals surface area (Å²) >= 11 is 0. The van der Waals surface area contributed by atoms with Crippen LogP contribution >= 0.6 is 0 Å². The Morgan fingerprint density at radius 3 is 2.81 bits per heavy atom. The normalized spacial score (nSPS) is 10.6. The fourth-order valence-electron chi connectivity index (χ4n) is 2.35. The summed E-state index contributed by atoms with van der Waals surface area (Å²) in [5, 5.41) is 10.1. The van der Waals surface area contributed by atoms with Crippen LogP contribution in [0.2, 0.25) is 0 Å². The van der Waals surface area contributed by atoms with Crippen molar-refractivity contribution in [3.8, 4) is 0 Å². The van der Waals surface area contributed by atoms with E-state index < -0.39 is 0 Å². The second kappa shape index (κ2) is 6.97. The highest BCUT2D eigenvalue weighted by molar-refractivity contribution is 5.73. The number of urea groups is 1. The summed E-state index contributed by atoms with van der Waals surface area (Å²) in [6, 6.07) is 3.43. The van der Waals surface area contributed by atoms with Gasteiger partial charge in [0.15, 0.2) is 0 Å². The molecule has 114 valence electrons. The molecule has 0 aliphatic rings. The monoisotopic (exact) mass is 290 g/mol. The third-order valence-corrected chi connectivity index (χ3v) is 3.49. The topological polar surface area (TPSA) is 72.1 Å². The summed E-state index contributed by atoms with van der Waals surface area (Å²) in [6.45, 7) is 7.99. The molecule has 2 amide bonds. The van der Waals surface area contributed by atoms with E-state index in [4.69, 9.17) is 4.42 Å². The van der Waals surface area contributed by atoms with Gasteiger partial charge in [-0.1, -0.05) is 0 Å². The van der Waals surface area contributed by atoms with Crippen LogP contribution in [0.1, 0.15) is 29.6 Å². The van der Waals surface area contributed by atoms with Gasteiger partial charge in [-0.05, 0) is 44.9 Å². The standard InChI is InChI=1S/C15H22N4O2/c1-4-19-12(3)14(11(2)18-19)7-8-16-15(20)17-10-13-6-5-9-21-13/h5-6,9H,4,7-8,10H2,1-3H3,(H2,16,17,20). The van der Waals surface area contributed by atoms with Crippen molar-refractivity contribution < 1.29 is 9.21 Å². The number of hydrogen-bond donors (Lipinski definition) is 2. The van der Waals surface area contributed by atoms with Crippen LogP contribution < -0.4 is 10.6 Å². The van der Waals surface area contributed by atoms with Crippen LogP contribution in [0.15, 0.2) is 22.8 Å². The van der Waals surface area contributed by atoms with Crippen LogP contribution in [-0.4, -0.2) is 22.4 Å². The number of aryl methyl sites for hydroxylation is 2. The van der Waals surface area contributed by atoms with Crippen molar-refractivity contribution in [1.82, 2.24) is 20.4 Å². The van der Waals surface area contributed by atoms with Crippen LogP contribution in [0.25, 0.3) is 0 Å². The largest absolute Gasteiger partial charge is 0.467 e. The Morgan fingerprint density at radius 2 is 2.19 bits per heavy atom. The van der Waals surface area contributed by atoms with E-state index in [0.29, 0.717) is 13.1 Å². The molecule has 0 aliphatic heterocycles.